The summed E-state index contributed by atoms with van der Waals surface area (Å²) in [7, 11) is 5.65. The molecule has 3 aromatic rings. The Morgan fingerprint density at radius 1 is 1.26 bits per heavy atom. The van der Waals surface area contributed by atoms with Gasteiger partial charge in [0.15, 0.2) is 5.76 Å². The van der Waals surface area contributed by atoms with Gasteiger partial charge in [0.05, 0.1) is 26.3 Å². The SMILES string of the molecule is CCCC[NH+](C)Cc1c([O-])ccc2c1O/C(=C\c1cn(C)c3ccc(OC)cc13)C2=O. The number of nitrogens with zero attached hydrogens (tertiary/aromatic N) is 1. The lowest BCUT2D eigenvalue weighted by molar-refractivity contribution is -0.894. The molecule has 0 aliphatic carbocycles. The summed E-state index contributed by atoms with van der Waals surface area (Å²) in [6.45, 7) is 3.65. The largest absolute Gasteiger partial charge is 0.872 e. The quantitative estimate of drug-likeness (QED) is 0.597. The van der Waals surface area contributed by atoms with Crippen molar-refractivity contribution in [2.75, 3.05) is 20.7 Å². The maximum atomic E-state index is 13.1. The van der Waals surface area contributed by atoms with Gasteiger partial charge in [0, 0.05) is 35.3 Å². The number of carbonyl (C=O) groups is 1. The van der Waals surface area contributed by atoms with Gasteiger partial charge in [-0.3, -0.25) is 4.79 Å². The number of ether oxygens (including phenoxy) is 2. The minimum Gasteiger partial charge on any atom is -0.872 e. The lowest BCUT2D eigenvalue weighted by Gasteiger charge is -2.20. The zero-order chi connectivity index (χ0) is 22.1. The van der Waals surface area contributed by atoms with Crippen LogP contribution in [0.25, 0.3) is 17.0 Å². The van der Waals surface area contributed by atoms with Gasteiger partial charge in [-0.05, 0) is 36.8 Å². The highest BCUT2D eigenvalue weighted by Crippen LogP contribution is 2.39. The second-order valence-electron chi connectivity index (χ2n) is 8.17. The lowest BCUT2D eigenvalue weighted by atomic mass is 10.0. The predicted octanol–water partition coefficient (Wildman–Crippen LogP) is 2.69. The van der Waals surface area contributed by atoms with Gasteiger partial charge >= 0.3 is 0 Å². The highest BCUT2D eigenvalue weighted by atomic mass is 16.5. The Hall–Kier alpha value is -3.25. The van der Waals surface area contributed by atoms with Gasteiger partial charge in [-0.1, -0.05) is 25.2 Å². The summed E-state index contributed by atoms with van der Waals surface area (Å²) in [6.07, 6.45) is 5.90. The summed E-state index contributed by atoms with van der Waals surface area (Å²) in [4.78, 5) is 14.3. The van der Waals surface area contributed by atoms with Crippen molar-refractivity contribution in [3.8, 4) is 17.2 Å². The van der Waals surface area contributed by atoms with Crippen molar-refractivity contribution in [3.63, 3.8) is 0 Å². The van der Waals surface area contributed by atoms with Crippen molar-refractivity contribution in [2.45, 2.75) is 26.3 Å². The number of unbranched alkanes of at least 4 members (excludes halogenated alkanes) is 1. The van der Waals surface area contributed by atoms with Crippen LogP contribution in [0.5, 0.6) is 17.2 Å². The smallest absolute Gasteiger partial charge is 0.231 e. The number of methoxy groups -OCH3 is 1. The molecule has 2 aromatic carbocycles. The molecule has 4 rings (SSSR count). The van der Waals surface area contributed by atoms with Crippen molar-refractivity contribution in [1.29, 1.82) is 0 Å². The van der Waals surface area contributed by atoms with Crippen LogP contribution in [-0.4, -0.2) is 31.1 Å². The molecule has 6 heteroatoms. The van der Waals surface area contributed by atoms with E-state index >= 15 is 0 Å². The fourth-order valence-electron chi connectivity index (χ4n) is 4.11. The monoisotopic (exact) mass is 420 g/mol. The van der Waals surface area contributed by atoms with Crippen LogP contribution >= 0.6 is 0 Å². The van der Waals surface area contributed by atoms with E-state index in [1.54, 1.807) is 19.3 Å². The number of rotatable bonds is 7. The minimum absolute atomic E-state index is 0.0847. The molecule has 0 amide bonds. The molecule has 1 aliphatic heterocycles. The van der Waals surface area contributed by atoms with Crippen LogP contribution in [0.1, 0.15) is 41.3 Å². The van der Waals surface area contributed by atoms with E-state index in [0.717, 1.165) is 41.6 Å². The van der Waals surface area contributed by atoms with E-state index in [4.69, 9.17) is 9.47 Å². The third-order valence-corrected chi connectivity index (χ3v) is 5.85. The second kappa shape index (κ2) is 8.47. The molecule has 2 heterocycles. The Balaban J connectivity index is 1.71. The summed E-state index contributed by atoms with van der Waals surface area (Å²) < 4.78 is 13.4. The Morgan fingerprint density at radius 3 is 2.81 bits per heavy atom. The van der Waals surface area contributed by atoms with Gasteiger partial charge in [0.1, 0.15) is 18.0 Å². The first kappa shape index (κ1) is 21.0. The molecule has 31 heavy (non-hydrogen) atoms. The normalized spacial score (nSPS) is 15.4. The molecule has 6 nitrogen and oxygen atoms in total. The molecule has 162 valence electrons. The number of hydrogen-bond acceptors (Lipinski definition) is 4. The van der Waals surface area contributed by atoms with Gasteiger partial charge in [0.25, 0.3) is 0 Å². The number of allylic oxidation sites excluding steroid dienone is 1. The number of fused-ring (bicyclic) bond motifs is 2. The predicted molar refractivity (Wildman–Crippen MR) is 119 cm³/mol. The summed E-state index contributed by atoms with van der Waals surface area (Å²) >= 11 is 0. The second-order valence-corrected chi connectivity index (χ2v) is 8.17. The number of benzene rings is 2. The summed E-state index contributed by atoms with van der Waals surface area (Å²) in [5.41, 5.74) is 2.92. The zero-order valence-corrected chi connectivity index (χ0v) is 18.5. The maximum Gasteiger partial charge on any atom is 0.231 e. The molecule has 1 aliphatic rings. The molecule has 1 aromatic heterocycles. The number of carbonyl (C=O) groups excluding carboxylic acids is 1. The van der Waals surface area contributed by atoms with Gasteiger partial charge in [0.2, 0.25) is 5.78 Å². The number of quaternary nitrogens is 1. The average molecular weight is 421 g/mol. The molecule has 0 fully saturated rings. The van der Waals surface area contributed by atoms with Crippen molar-refractivity contribution in [1.82, 2.24) is 4.57 Å². The zero-order valence-electron chi connectivity index (χ0n) is 18.5. The van der Waals surface area contributed by atoms with E-state index < -0.39 is 0 Å². The number of hydrogen-bond donors (Lipinski definition) is 1. The Kier molecular flexibility index (Phi) is 5.74. The van der Waals surface area contributed by atoms with E-state index in [-0.39, 0.29) is 17.3 Å². The van der Waals surface area contributed by atoms with Crippen LogP contribution in [0.3, 0.4) is 0 Å². The number of aryl methyl sites for hydroxylation is 1. The summed E-state index contributed by atoms with van der Waals surface area (Å²) in [5, 5.41) is 13.5. The first-order valence-electron chi connectivity index (χ1n) is 10.6. The molecule has 0 saturated heterocycles. The van der Waals surface area contributed by atoms with Crippen molar-refractivity contribution >= 4 is 22.8 Å². The highest BCUT2D eigenvalue weighted by molar-refractivity contribution is 6.15. The van der Waals surface area contributed by atoms with Crippen molar-refractivity contribution in [3.05, 3.63) is 59.0 Å². The molecular formula is C25H28N2O4. The van der Waals surface area contributed by atoms with Crippen LogP contribution in [0, 0.1) is 0 Å². The fourth-order valence-corrected chi connectivity index (χ4v) is 4.11. The van der Waals surface area contributed by atoms with Gasteiger partial charge in [-0.25, -0.2) is 0 Å². The van der Waals surface area contributed by atoms with E-state index in [9.17, 15) is 9.90 Å². The van der Waals surface area contributed by atoms with Crippen molar-refractivity contribution in [2.24, 2.45) is 7.05 Å². The van der Waals surface area contributed by atoms with Crippen LogP contribution in [-0.2, 0) is 13.6 Å². The average Bonchev–Trinajstić information content (AvgIpc) is 3.25. The molecule has 1 unspecified atom stereocenters. The Bertz CT molecular complexity index is 1180. The highest BCUT2D eigenvalue weighted by Gasteiger charge is 2.31. The van der Waals surface area contributed by atoms with E-state index in [2.05, 4.69) is 14.0 Å². The van der Waals surface area contributed by atoms with Crippen molar-refractivity contribution < 1.29 is 24.3 Å². The van der Waals surface area contributed by atoms with Gasteiger partial charge in [-0.2, -0.15) is 0 Å². The number of Topliss-reactive ketones (excluding diaryl/α,β-unsaturated/α-hetero) is 1. The molecule has 0 radical (unpaired) electrons. The third kappa shape index (κ3) is 3.91. The Labute approximate surface area is 182 Å². The molecule has 1 N–H and O–H groups in total. The number of aromatic nitrogens is 1. The molecule has 0 spiro atoms. The molecule has 0 saturated carbocycles. The van der Waals surface area contributed by atoms with E-state index in [0.29, 0.717) is 23.4 Å². The Morgan fingerprint density at radius 2 is 2.06 bits per heavy atom. The van der Waals surface area contributed by atoms with E-state index in [1.807, 2.05) is 36.0 Å². The topological polar surface area (TPSA) is 68.0 Å². The summed E-state index contributed by atoms with van der Waals surface area (Å²) in [5.74, 6) is 1.12. The van der Waals surface area contributed by atoms with E-state index in [1.165, 1.54) is 11.0 Å². The minimum atomic E-state index is -0.192. The van der Waals surface area contributed by atoms with Gasteiger partial charge in [-0.15, -0.1) is 0 Å². The van der Waals surface area contributed by atoms with Gasteiger partial charge < -0.3 is 24.0 Å². The lowest BCUT2D eigenvalue weighted by Crippen LogP contribution is -3.07. The van der Waals surface area contributed by atoms with Crippen LogP contribution < -0.4 is 19.5 Å². The standard InChI is InChI=1S/C25H28N2O4/c1-5-6-11-26(2)15-20-22(28)10-8-18-24(29)23(31-25(18)20)12-16-14-27(3)21-9-7-17(30-4)13-19(16)21/h7-10,12-14,28H,5-6,11,15H2,1-4H3/b23-12-. The van der Waals surface area contributed by atoms with Crippen LogP contribution in [0.15, 0.2) is 42.3 Å². The van der Waals surface area contributed by atoms with Crippen LogP contribution in [0.4, 0.5) is 0 Å². The molecule has 1 atom stereocenters. The molecular weight excluding hydrogens is 392 g/mol. The maximum absolute atomic E-state index is 13.1. The summed E-state index contributed by atoms with van der Waals surface area (Å²) in [6, 6.07) is 8.90. The fraction of sp³-hybridized carbons (Fsp3) is 0.320. The molecule has 0 bridgehead atoms. The van der Waals surface area contributed by atoms with Crippen LogP contribution in [0.2, 0.25) is 0 Å². The number of ketones is 1. The number of nitrogens with one attached hydrogen (secondary N) is 1. The first-order valence-corrected chi connectivity index (χ1v) is 10.6. The third-order valence-electron chi connectivity index (χ3n) is 5.85. The first-order chi connectivity index (χ1) is 14.9.